The third-order valence-electron chi connectivity index (χ3n) is 4.06. The maximum absolute atomic E-state index is 11.2. The molecule has 0 aliphatic carbocycles. The van der Waals surface area contributed by atoms with Crippen LogP contribution in [0.25, 0.3) is 0 Å². The first kappa shape index (κ1) is 16.3. The fourth-order valence-electron chi connectivity index (χ4n) is 2.73. The first-order valence-corrected chi connectivity index (χ1v) is 8.81. The Bertz CT molecular complexity index is 1050. The van der Waals surface area contributed by atoms with Gasteiger partial charge in [-0.3, -0.25) is 10.1 Å². The van der Waals surface area contributed by atoms with E-state index in [0.717, 1.165) is 22.8 Å². The fourth-order valence-corrected chi connectivity index (χ4v) is 3.62. The Kier molecular flexibility index (Phi) is 4.18. The lowest BCUT2D eigenvalue weighted by molar-refractivity contribution is -0.384. The number of hydrogen-bond acceptors (Lipinski definition) is 6. The summed E-state index contributed by atoms with van der Waals surface area (Å²) < 4.78 is 12.8. The van der Waals surface area contributed by atoms with Crippen LogP contribution in [0.1, 0.15) is 11.3 Å². The van der Waals surface area contributed by atoms with Gasteiger partial charge in [0, 0.05) is 17.1 Å². The molecule has 26 heavy (non-hydrogen) atoms. The molecule has 4 rings (SSSR count). The molecule has 8 heteroatoms. The van der Waals surface area contributed by atoms with Crippen molar-refractivity contribution in [1.29, 1.82) is 0 Å². The van der Waals surface area contributed by atoms with Crippen LogP contribution in [-0.2, 0) is 6.54 Å². The minimum absolute atomic E-state index is 0.00631. The summed E-state index contributed by atoms with van der Waals surface area (Å²) in [5.74, 6) is 1.47. The number of nitro groups is 1. The summed E-state index contributed by atoms with van der Waals surface area (Å²) in [5.41, 5.74) is 2.41. The predicted molar refractivity (Wildman–Crippen MR) is 97.0 cm³/mol. The van der Waals surface area contributed by atoms with Crippen molar-refractivity contribution in [3.05, 3.63) is 74.0 Å². The normalized spacial score (nSPS) is 13.2. The van der Waals surface area contributed by atoms with Crippen LogP contribution in [0.3, 0.4) is 0 Å². The second-order valence-corrected chi connectivity index (χ2v) is 6.63. The number of nitrogens with zero attached hydrogens (tertiary/aromatic N) is 3. The molecule has 1 aliphatic heterocycles. The molecule has 0 atom stereocenters. The number of thiazole rings is 1. The standard InChI is InChI=1S/C18H15N3O4S/c1-12-10-26-18(19-14-4-2-3-5-15(14)21(22)23)20(12)9-13-6-7-16-17(8-13)25-11-24-16/h2-8,10H,9,11H2,1H3. The number of hydrogen-bond donors (Lipinski definition) is 0. The fraction of sp³-hybridized carbons (Fsp3) is 0.167. The summed E-state index contributed by atoms with van der Waals surface area (Å²) in [5, 5.41) is 13.2. The third kappa shape index (κ3) is 3.06. The molecule has 1 aromatic heterocycles. The summed E-state index contributed by atoms with van der Waals surface area (Å²) in [6, 6.07) is 12.3. The molecule has 0 unspecified atom stereocenters. The van der Waals surface area contributed by atoms with Gasteiger partial charge in [-0.1, -0.05) is 18.2 Å². The number of fused-ring (bicyclic) bond motifs is 1. The molecule has 0 saturated heterocycles. The molecule has 132 valence electrons. The first-order valence-electron chi connectivity index (χ1n) is 7.93. The Morgan fingerprint density at radius 1 is 1.23 bits per heavy atom. The highest BCUT2D eigenvalue weighted by molar-refractivity contribution is 7.07. The van der Waals surface area contributed by atoms with Gasteiger partial charge in [0.15, 0.2) is 16.3 Å². The van der Waals surface area contributed by atoms with Crippen molar-refractivity contribution >= 4 is 22.7 Å². The van der Waals surface area contributed by atoms with Gasteiger partial charge < -0.3 is 14.0 Å². The van der Waals surface area contributed by atoms with E-state index in [1.807, 2.05) is 35.1 Å². The number of aryl methyl sites for hydroxylation is 1. The summed E-state index contributed by atoms with van der Waals surface area (Å²) in [4.78, 5) is 16.0. The zero-order valence-electron chi connectivity index (χ0n) is 13.9. The number of ether oxygens (including phenoxy) is 2. The van der Waals surface area contributed by atoms with Crippen LogP contribution in [0.15, 0.2) is 52.8 Å². The second-order valence-electron chi connectivity index (χ2n) is 5.79. The Morgan fingerprint density at radius 2 is 2.04 bits per heavy atom. The van der Waals surface area contributed by atoms with Gasteiger partial charge in [0.25, 0.3) is 5.69 Å². The van der Waals surface area contributed by atoms with E-state index in [2.05, 4.69) is 4.99 Å². The van der Waals surface area contributed by atoms with Gasteiger partial charge in [0.1, 0.15) is 5.69 Å². The molecule has 7 nitrogen and oxygen atoms in total. The van der Waals surface area contributed by atoms with Crippen LogP contribution in [0.4, 0.5) is 11.4 Å². The van der Waals surface area contributed by atoms with Crippen LogP contribution in [-0.4, -0.2) is 16.3 Å². The molecule has 0 bridgehead atoms. The topological polar surface area (TPSA) is 78.9 Å². The lowest BCUT2D eigenvalue weighted by atomic mass is 10.2. The highest BCUT2D eigenvalue weighted by Crippen LogP contribution is 2.32. The molecular weight excluding hydrogens is 354 g/mol. The maximum Gasteiger partial charge on any atom is 0.294 e. The quantitative estimate of drug-likeness (QED) is 0.518. The third-order valence-corrected chi connectivity index (χ3v) is 5.05. The number of benzene rings is 2. The van der Waals surface area contributed by atoms with Crippen molar-refractivity contribution in [2.75, 3.05) is 6.79 Å². The molecular formula is C18H15N3O4S. The zero-order chi connectivity index (χ0) is 18.1. The van der Waals surface area contributed by atoms with E-state index in [-0.39, 0.29) is 12.5 Å². The zero-order valence-corrected chi connectivity index (χ0v) is 14.7. The Hall–Kier alpha value is -3.13. The minimum atomic E-state index is -0.415. The summed E-state index contributed by atoms with van der Waals surface area (Å²) in [6.45, 7) is 2.81. The summed E-state index contributed by atoms with van der Waals surface area (Å²) >= 11 is 1.45. The van der Waals surface area contributed by atoms with E-state index in [1.54, 1.807) is 18.2 Å². The Labute approximate surface area is 152 Å². The van der Waals surface area contributed by atoms with Gasteiger partial charge in [-0.05, 0) is 30.7 Å². The predicted octanol–water partition coefficient (Wildman–Crippen LogP) is 3.78. The number of para-hydroxylation sites is 2. The van der Waals surface area contributed by atoms with Crippen LogP contribution >= 0.6 is 11.3 Å². The van der Waals surface area contributed by atoms with Crippen LogP contribution in [0.2, 0.25) is 0 Å². The first-order chi connectivity index (χ1) is 12.6. The van der Waals surface area contributed by atoms with Gasteiger partial charge in [-0.15, -0.1) is 11.3 Å². The van der Waals surface area contributed by atoms with E-state index in [9.17, 15) is 10.1 Å². The second kappa shape index (κ2) is 6.64. The van der Waals surface area contributed by atoms with Gasteiger partial charge in [-0.2, -0.15) is 0 Å². The van der Waals surface area contributed by atoms with E-state index < -0.39 is 4.92 Å². The minimum Gasteiger partial charge on any atom is -0.454 e. The average Bonchev–Trinajstić information content (AvgIpc) is 3.23. The Balaban J connectivity index is 1.74. The average molecular weight is 369 g/mol. The number of nitro benzene ring substituents is 1. The van der Waals surface area contributed by atoms with Crippen molar-refractivity contribution < 1.29 is 14.4 Å². The molecule has 0 amide bonds. The molecule has 0 spiro atoms. The van der Waals surface area contributed by atoms with Crippen LogP contribution in [0, 0.1) is 17.0 Å². The van der Waals surface area contributed by atoms with Crippen molar-refractivity contribution in [2.24, 2.45) is 4.99 Å². The lowest BCUT2D eigenvalue weighted by Crippen LogP contribution is -2.17. The lowest BCUT2D eigenvalue weighted by Gasteiger charge is -2.07. The monoisotopic (exact) mass is 369 g/mol. The molecule has 0 radical (unpaired) electrons. The van der Waals surface area contributed by atoms with E-state index in [4.69, 9.17) is 9.47 Å². The molecule has 2 aromatic carbocycles. The molecule has 0 N–H and O–H groups in total. The highest BCUT2D eigenvalue weighted by Gasteiger charge is 2.15. The summed E-state index contributed by atoms with van der Waals surface area (Å²) in [7, 11) is 0. The van der Waals surface area contributed by atoms with Crippen LogP contribution < -0.4 is 14.3 Å². The molecule has 0 saturated carbocycles. The molecule has 1 aliphatic rings. The van der Waals surface area contributed by atoms with Gasteiger partial charge in [0.2, 0.25) is 6.79 Å². The smallest absolute Gasteiger partial charge is 0.294 e. The number of rotatable bonds is 4. The van der Waals surface area contributed by atoms with Crippen molar-refractivity contribution in [3.63, 3.8) is 0 Å². The van der Waals surface area contributed by atoms with E-state index in [1.165, 1.54) is 17.4 Å². The SMILES string of the molecule is Cc1csc(=Nc2ccccc2[N+](=O)[O-])n1Cc1ccc2c(c1)OCO2. The van der Waals surface area contributed by atoms with Crippen molar-refractivity contribution in [3.8, 4) is 11.5 Å². The van der Waals surface area contributed by atoms with Gasteiger partial charge in [-0.25, -0.2) is 4.99 Å². The Morgan fingerprint density at radius 3 is 2.88 bits per heavy atom. The molecule has 2 heterocycles. The number of aromatic nitrogens is 1. The highest BCUT2D eigenvalue weighted by atomic mass is 32.1. The van der Waals surface area contributed by atoms with Crippen molar-refractivity contribution in [1.82, 2.24) is 4.57 Å². The van der Waals surface area contributed by atoms with Crippen LogP contribution in [0.5, 0.6) is 11.5 Å². The van der Waals surface area contributed by atoms with Crippen molar-refractivity contribution in [2.45, 2.75) is 13.5 Å². The largest absolute Gasteiger partial charge is 0.454 e. The maximum atomic E-state index is 11.2. The van der Waals surface area contributed by atoms with E-state index in [0.29, 0.717) is 17.0 Å². The van der Waals surface area contributed by atoms with E-state index >= 15 is 0 Å². The molecule has 3 aromatic rings. The van der Waals surface area contributed by atoms with Gasteiger partial charge in [0.05, 0.1) is 11.5 Å². The molecule has 0 fully saturated rings. The summed E-state index contributed by atoms with van der Waals surface area (Å²) in [6.07, 6.45) is 0. The van der Waals surface area contributed by atoms with Gasteiger partial charge >= 0.3 is 0 Å².